The Hall–Kier alpha value is -0.0200. The summed E-state index contributed by atoms with van der Waals surface area (Å²) in [4.78, 5) is 0. The standard InChI is InChI=1S/C15H30N3S.CF3O/c1-4-10-16(11-5-1)19(17-12-6-2-7-13-17)18-14-8-3-9-15-18;2-1(3,4)5/h1-15H2;/q+1;-1. The lowest BCUT2D eigenvalue weighted by Gasteiger charge is -2.37. The van der Waals surface area contributed by atoms with E-state index in [1.54, 1.807) is 0 Å². The summed E-state index contributed by atoms with van der Waals surface area (Å²) in [5.41, 5.74) is 0. The minimum Gasteiger partial charge on any atom is -0.771 e. The Labute approximate surface area is 146 Å². The van der Waals surface area contributed by atoms with E-state index in [9.17, 15) is 13.2 Å². The van der Waals surface area contributed by atoms with E-state index >= 15 is 0 Å². The van der Waals surface area contributed by atoms with Crippen molar-refractivity contribution in [3.63, 3.8) is 0 Å². The van der Waals surface area contributed by atoms with Crippen molar-refractivity contribution in [1.82, 2.24) is 12.9 Å². The second-order valence-corrected chi connectivity index (χ2v) is 8.70. The van der Waals surface area contributed by atoms with Gasteiger partial charge in [0.25, 0.3) is 11.5 Å². The Morgan fingerprint density at radius 1 is 0.542 bits per heavy atom. The molecule has 4 nitrogen and oxygen atoms in total. The SMILES string of the molecule is C1CCN([S+](N2CCCCC2)N2CCCCC2)CC1.[O-]C(F)(F)F. The van der Waals surface area contributed by atoms with Crippen LogP contribution in [0.2, 0.25) is 0 Å². The van der Waals surface area contributed by atoms with Crippen molar-refractivity contribution in [2.45, 2.75) is 64.1 Å². The predicted molar refractivity (Wildman–Crippen MR) is 89.7 cm³/mol. The van der Waals surface area contributed by atoms with Crippen LogP contribution in [0.4, 0.5) is 13.2 Å². The normalized spacial score (nSPS) is 25.4. The van der Waals surface area contributed by atoms with E-state index in [0.29, 0.717) is 11.5 Å². The average molecular weight is 369 g/mol. The molecule has 0 aromatic carbocycles. The van der Waals surface area contributed by atoms with E-state index in [2.05, 4.69) is 12.9 Å². The van der Waals surface area contributed by atoms with Gasteiger partial charge in [0.05, 0.1) is 0 Å². The molecule has 0 N–H and O–H groups in total. The first-order valence-corrected chi connectivity index (χ1v) is 10.3. The molecular formula is C16H30F3N3OS. The molecule has 0 aliphatic carbocycles. The summed E-state index contributed by atoms with van der Waals surface area (Å²) in [6, 6.07) is 0. The number of halogens is 3. The van der Waals surface area contributed by atoms with Crippen LogP contribution in [0.15, 0.2) is 0 Å². The number of nitrogens with zero attached hydrogens (tertiary/aromatic N) is 3. The highest BCUT2D eigenvalue weighted by Crippen LogP contribution is 2.27. The molecule has 3 aliphatic heterocycles. The van der Waals surface area contributed by atoms with Crippen molar-refractivity contribution in [3.05, 3.63) is 0 Å². The topological polar surface area (TPSA) is 32.8 Å². The van der Waals surface area contributed by atoms with Crippen LogP contribution < -0.4 is 5.11 Å². The van der Waals surface area contributed by atoms with Gasteiger partial charge < -0.3 is 5.11 Å². The van der Waals surface area contributed by atoms with Gasteiger partial charge in [0.15, 0.2) is 0 Å². The molecule has 0 bridgehead atoms. The van der Waals surface area contributed by atoms with Crippen LogP contribution >= 0.6 is 0 Å². The molecule has 0 saturated carbocycles. The molecule has 3 fully saturated rings. The third-order valence-corrected chi connectivity index (χ3v) is 7.12. The van der Waals surface area contributed by atoms with Gasteiger partial charge in [-0.05, 0) is 38.5 Å². The summed E-state index contributed by atoms with van der Waals surface area (Å²) < 4.78 is 37.9. The molecule has 0 radical (unpaired) electrons. The third kappa shape index (κ3) is 7.47. The number of hydrogen-bond acceptors (Lipinski definition) is 4. The number of alkyl halides is 3. The number of piperidine rings is 3. The third-order valence-electron chi connectivity index (χ3n) is 4.64. The smallest absolute Gasteiger partial charge is 0.331 e. The monoisotopic (exact) mass is 369 g/mol. The molecule has 0 atom stereocenters. The molecular weight excluding hydrogens is 339 g/mol. The lowest BCUT2D eigenvalue weighted by molar-refractivity contribution is -0.618. The molecule has 0 aromatic rings. The van der Waals surface area contributed by atoms with Crippen molar-refractivity contribution in [2.24, 2.45) is 0 Å². The second kappa shape index (κ2) is 10.2. The van der Waals surface area contributed by atoms with Gasteiger partial charge in [-0.2, -0.15) is 13.2 Å². The molecule has 8 heteroatoms. The summed E-state index contributed by atoms with van der Waals surface area (Å²) >= 11 is 0.316. The highest BCUT2D eigenvalue weighted by molar-refractivity contribution is 7.90. The Bertz CT molecular complexity index is 293. The van der Waals surface area contributed by atoms with E-state index in [1.165, 1.54) is 97.1 Å². The molecule has 3 rings (SSSR count). The summed E-state index contributed by atoms with van der Waals surface area (Å²) in [6.07, 6.45) is 7.64. The summed E-state index contributed by atoms with van der Waals surface area (Å²) in [7, 11) is 0. The molecule has 142 valence electrons. The van der Waals surface area contributed by atoms with Crippen LogP contribution in [0.1, 0.15) is 57.8 Å². The first-order valence-electron chi connectivity index (χ1n) is 9.22. The van der Waals surface area contributed by atoms with Gasteiger partial charge in [0.1, 0.15) is 0 Å². The van der Waals surface area contributed by atoms with E-state index in [0.717, 1.165) is 0 Å². The Morgan fingerprint density at radius 2 is 0.750 bits per heavy atom. The van der Waals surface area contributed by atoms with Crippen molar-refractivity contribution < 1.29 is 18.3 Å². The summed E-state index contributed by atoms with van der Waals surface area (Å²) in [5.74, 6) is 0. The van der Waals surface area contributed by atoms with E-state index in [4.69, 9.17) is 5.11 Å². The largest absolute Gasteiger partial charge is 0.771 e. The Morgan fingerprint density at radius 3 is 0.958 bits per heavy atom. The second-order valence-electron chi connectivity index (χ2n) is 6.66. The van der Waals surface area contributed by atoms with Crippen LogP contribution in [0.25, 0.3) is 0 Å². The number of rotatable bonds is 3. The van der Waals surface area contributed by atoms with Gasteiger partial charge in [0, 0.05) is 39.3 Å². The van der Waals surface area contributed by atoms with Crippen LogP contribution in [0.3, 0.4) is 0 Å². The Balaban J connectivity index is 0.000000368. The van der Waals surface area contributed by atoms with Gasteiger partial charge in [0.2, 0.25) is 0 Å². The van der Waals surface area contributed by atoms with E-state index in [-0.39, 0.29) is 0 Å². The molecule has 3 saturated heterocycles. The fraction of sp³-hybridized carbons (Fsp3) is 1.00. The minimum absolute atomic E-state index is 0.316. The fourth-order valence-corrected chi connectivity index (χ4v) is 6.31. The maximum atomic E-state index is 9.80. The van der Waals surface area contributed by atoms with Crippen LogP contribution in [0, 0.1) is 0 Å². The molecule has 24 heavy (non-hydrogen) atoms. The number of hydrogen-bond donors (Lipinski definition) is 0. The average Bonchev–Trinajstić information content (AvgIpc) is 2.57. The molecule has 3 heterocycles. The van der Waals surface area contributed by atoms with Gasteiger partial charge in [-0.15, -0.1) is 0 Å². The molecule has 0 aromatic heterocycles. The van der Waals surface area contributed by atoms with Crippen molar-refractivity contribution >= 4 is 11.5 Å². The maximum absolute atomic E-state index is 9.80. The highest BCUT2D eigenvalue weighted by Gasteiger charge is 2.44. The van der Waals surface area contributed by atoms with Crippen molar-refractivity contribution in [2.75, 3.05) is 39.3 Å². The molecule has 0 spiro atoms. The van der Waals surface area contributed by atoms with E-state index in [1.807, 2.05) is 0 Å². The van der Waals surface area contributed by atoms with E-state index < -0.39 is 6.36 Å². The van der Waals surface area contributed by atoms with Crippen LogP contribution in [-0.2, 0) is 11.5 Å². The minimum atomic E-state index is -5.25. The highest BCUT2D eigenvalue weighted by atomic mass is 32.2. The zero-order valence-electron chi connectivity index (χ0n) is 14.4. The van der Waals surface area contributed by atoms with Gasteiger partial charge in [-0.25, -0.2) is 0 Å². The van der Waals surface area contributed by atoms with Crippen LogP contribution in [-0.4, -0.2) is 58.5 Å². The summed E-state index contributed by atoms with van der Waals surface area (Å²) in [6.45, 7) is 8.06. The lowest BCUT2D eigenvalue weighted by atomic mass is 10.2. The first-order chi connectivity index (χ1) is 11.4. The zero-order valence-corrected chi connectivity index (χ0v) is 15.2. The molecule has 0 unspecified atom stereocenters. The molecule has 3 aliphatic rings. The predicted octanol–water partition coefficient (Wildman–Crippen LogP) is 2.67. The quantitative estimate of drug-likeness (QED) is 0.716. The molecule has 0 amide bonds. The zero-order chi connectivity index (χ0) is 17.4. The summed E-state index contributed by atoms with van der Waals surface area (Å²) in [5, 5.41) is 8.10. The van der Waals surface area contributed by atoms with Crippen molar-refractivity contribution in [3.8, 4) is 0 Å². The Kier molecular flexibility index (Phi) is 8.63. The van der Waals surface area contributed by atoms with Gasteiger partial charge >= 0.3 is 6.36 Å². The first kappa shape index (κ1) is 20.3. The van der Waals surface area contributed by atoms with Crippen molar-refractivity contribution in [1.29, 1.82) is 0 Å². The fourth-order valence-electron chi connectivity index (χ4n) is 3.57. The van der Waals surface area contributed by atoms with Crippen LogP contribution in [0.5, 0.6) is 0 Å². The van der Waals surface area contributed by atoms with Gasteiger partial charge in [-0.1, -0.05) is 32.2 Å². The lowest BCUT2D eigenvalue weighted by Crippen LogP contribution is -2.56. The van der Waals surface area contributed by atoms with Gasteiger partial charge in [-0.3, -0.25) is 0 Å². The maximum Gasteiger partial charge on any atom is 0.331 e.